The molecule has 5 rings (SSSR count). The molecule has 38 heavy (non-hydrogen) atoms. The van der Waals surface area contributed by atoms with Crippen LogP contribution in [0.3, 0.4) is 0 Å². The maximum absolute atomic E-state index is 14.0. The number of urea groups is 1. The van der Waals surface area contributed by atoms with Crippen molar-refractivity contribution in [2.24, 2.45) is 0 Å². The lowest BCUT2D eigenvalue weighted by Crippen LogP contribution is -2.59. The van der Waals surface area contributed by atoms with Gasteiger partial charge in [-0.1, -0.05) is 23.7 Å². The fraction of sp³-hybridized carbons (Fsp3) is 0.733. The Hall–Kier alpha value is -1.83. The van der Waals surface area contributed by atoms with Gasteiger partial charge in [0.1, 0.15) is 0 Å². The number of fused-ring (bicyclic) bond motifs is 2. The van der Waals surface area contributed by atoms with E-state index in [1.807, 2.05) is 29.2 Å². The zero-order chi connectivity index (χ0) is 26.6. The standard InChI is InChI=1S/C30H46ClN5O2/c1-3-34(4-2)30(38)36(26-6-5-7-26)27-14-16-35(17-15-27)29(37)28(18-21-8-10-22(31)11-9-21)33-25-19-23-12-13-24(20-25)32-23/h8-11,23-28,32-33H,3-7,12-20H2,1-2H3/t23?,24?,25?,28-/m1/s1. The average molecular weight is 544 g/mol. The van der Waals surface area contributed by atoms with Crippen LogP contribution in [0.2, 0.25) is 5.02 Å². The summed E-state index contributed by atoms with van der Waals surface area (Å²) in [5.41, 5.74) is 1.13. The Kier molecular flexibility index (Phi) is 9.17. The number of amides is 3. The number of piperidine rings is 2. The van der Waals surface area contributed by atoms with E-state index >= 15 is 0 Å². The molecule has 0 spiro atoms. The third kappa shape index (κ3) is 6.31. The Balaban J connectivity index is 1.24. The van der Waals surface area contributed by atoms with E-state index in [-0.39, 0.29) is 24.0 Å². The summed E-state index contributed by atoms with van der Waals surface area (Å²) in [7, 11) is 0. The van der Waals surface area contributed by atoms with Crippen molar-refractivity contribution in [3.63, 3.8) is 0 Å². The van der Waals surface area contributed by atoms with Crippen LogP contribution < -0.4 is 10.6 Å². The summed E-state index contributed by atoms with van der Waals surface area (Å²) >= 11 is 6.13. The van der Waals surface area contributed by atoms with Crippen LogP contribution >= 0.6 is 11.6 Å². The van der Waals surface area contributed by atoms with Crippen LogP contribution in [0, 0.1) is 0 Å². The Morgan fingerprint density at radius 1 is 0.974 bits per heavy atom. The van der Waals surface area contributed by atoms with Crippen LogP contribution in [0.1, 0.15) is 77.2 Å². The smallest absolute Gasteiger partial charge is 0.320 e. The lowest BCUT2D eigenvalue weighted by Gasteiger charge is -2.47. The summed E-state index contributed by atoms with van der Waals surface area (Å²) in [5.74, 6) is 0.203. The molecule has 3 atom stereocenters. The summed E-state index contributed by atoms with van der Waals surface area (Å²) in [6.07, 6.45) is 10.5. The lowest BCUT2D eigenvalue weighted by molar-refractivity contribution is -0.135. The molecule has 3 heterocycles. The van der Waals surface area contributed by atoms with E-state index < -0.39 is 0 Å². The van der Waals surface area contributed by atoms with Crippen LogP contribution in [0.15, 0.2) is 24.3 Å². The monoisotopic (exact) mass is 543 g/mol. The molecule has 0 aromatic heterocycles. The molecule has 4 fully saturated rings. The number of carbonyl (C=O) groups excluding carboxylic acids is 2. The number of rotatable bonds is 9. The van der Waals surface area contributed by atoms with Crippen molar-refractivity contribution >= 4 is 23.5 Å². The topological polar surface area (TPSA) is 67.9 Å². The maximum atomic E-state index is 14.0. The van der Waals surface area contributed by atoms with E-state index in [1.165, 1.54) is 19.3 Å². The maximum Gasteiger partial charge on any atom is 0.320 e. The highest BCUT2D eigenvalue weighted by atomic mass is 35.5. The number of benzene rings is 1. The number of halogens is 1. The van der Waals surface area contributed by atoms with Crippen LogP contribution in [0.25, 0.3) is 0 Å². The van der Waals surface area contributed by atoms with E-state index in [0.29, 0.717) is 43.7 Å². The summed E-state index contributed by atoms with van der Waals surface area (Å²) in [4.78, 5) is 33.6. The van der Waals surface area contributed by atoms with Crippen LogP contribution in [0.5, 0.6) is 0 Å². The third-order valence-corrected chi connectivity index (χ3v) is 9.71. The summed E-state index contributed by atoms with van der Waals surface area (Å²) in [5, 5.41) is 8.24. The first-order chi connectivity index (χ1) is 18.4. The molecule has 1 aliphatic carbocycles. The molecule has 2 N–H and O–H groups in total. The highest BCUT2D eigenvalue weighted by molar-refractivity contribution is 6.30. The Bertz CT molecular complexity index is 930. The Morgan fingerprint density at radius 2 is 1.58 bits per heavy atom. The quantitative estimate of drug-likeness (QED) is 0.483. The number of hydrogen-bond acceptors (Lipinski definition) is 4. The first kappa shape index (κ1) is 27.7. The van der Waals surface area contributed by atoms with Crippen molar-refractivity contribution in [2.45, 2.75) is 114 Å². The molecule has 4 aliphatic rings. The molecular formula is C30H46ClN5O2. The van der Waals surface area contributed by atoms with E-state index in [0.717, 1.165) is 62.2 Å². The first-order valence-corrected chi connectivity index (χ1v) is 15.5. The van der Waals surface area contributed by atoms with Gasteiger partial charge >= 0.3 is 6.03 Å². The van der Waals surface area contributed by atoms with Crippen molar-refractivity contribution < 1.29 is 9.59 Å². The van der Waals surface area contributed by atoms with Crippen molar-refractivity contribution in [1.82, 2.24) is 25.3 Å². The SMILES string of the molecule is CCN(CC)C(=O)N(C1CCC1)C1CCN(C(=O)[C@@H](Cc2ccc(Cl)cc2)NC2CC3CCC(C2)N3)CC1. The molecule has 1 aromatic rings. The highest BCUT2D eigenvalue weighted by Crippen LogP contribution is 2.32. The van der Waals surface area contributed by atoms with E-state index in [9.17, 15) is 9.59 Å². The molecule has 0 radical (unpaired) electrons. The highest BCUT2D eigenvalue weighted by Gasteiger charge is 2.40. The fourth-order valence-corrected chi connectivity index (χ4v) is 7.20. The number of carbonyl (C=O) groups is 2. The van der Waals surface area contributed by atoms with Crippen LogP contribution in [0.4, 0.5) is 4.79 Å². The van der Waals surface area contributed by atoms with Crippen molar-refractivity contribution in [3.05, 3.63) is 34.9 Å². The van der Waals surface area contributed by atoms with Crippen LogP contribution in [-0.2, 0) is 11.2 Å². The molecule has 2 unspecified atom stereocenters. The van der Waals surface area contributed by atoms with Gasteiger partial charge in [0.05, 0.1) is 6.04 Å². The first-order valence-electron chi connectivity index (χ1n) is 15.1. The van der Waals surface area contributed by atoms with Gasteiger partial charge < -0.3 is 25.3 Å². The van der Waals surface area contributed by atoms with Gasteiger partial charge in [-0.2, -0.15) is 0 Å². The summed E-state index contributed by atoms with van der Waals surface area (Å²) in [6, 6.07) is 9.97. The Labute approximate surface area is 233 Å². The molecule has 7 nitrogen and oxygen atoms in total. The number of nitrogens with one attached hydrogen (secondary N) is 2. The molecule has 1 aromatic carbocycles. The predicted octanol–water partition coefficient (Wildman–Crippen LogP) is 4.43. The minimum atomic E-state index is -0.240. The Morgan fingerprint density at radius 3 is 2.13 bits per heavy atom. The molecule has 1 saturated carbocycles. The predicted molar refractivity (Wildman–Crippen MR) is 152 cm³/mol. The van der Waals surface area contributed by atoms with Crippen molar-refractivity contribution in [1.29, 1.82) is 0 Å². The number of hydrogen-bond donors (Lipinski definition) is 2. The van der Waals surface area contributed by atoms with Gasteiger partial charge in [-0.3, -0.25) is 4.79 Å². The minimum absolute atomic E-state index is 0.187. The van der Waals surface area contributed by atoms with Crippen LogP contribution in [-0.4, -0.2) is 89.1 Å². The van der Waals surface area contributed by atoms with E-state index in [1.54, 1.807) is 0 Å². The molecule has 8 heteroatoms. The number of likely N-dealkylation sites (tertiary alicyclic amines) is 1. The lowest BCUT2D eigenvalue weighted by atomic mass is 9.88. The van der Waals surface area contributed by atoms with Crippen molar-refractivity contribution in [2.75, 3.05) is 26.2 Å². The van der Waals surface area contributed by atoms with E-state index in [2.05, 4.69) is 34.3 Å². The van der Waals surface area contributed by atoms with Gasteiger partial charge in [-0.15, -0.1) is 0 Å². The summed E-state index contributed by atoms with van der Waals surface area (Å²) in [6.45, 7) is 7.04. The number of nitrogens with zero attached hydrogens (tertiary/aromatic N) is 3. The summed E-state index contributed by atoms with van der Waals surface area (Å²) < 4.78 is 0. The third-order valence-electron chi connectivity index (χ3n) is 9.45. The molecule has 3 amide bonds. The van der Waals surface area contributed by atoms with Crippen molar-refractivity contribution in [3.8, 4) is 0 Å². The molecule has 3 saturated heterocycles. The van der Waals surface area contributed by atoms with Gasteiger partial charge in [0, 0.05) is 61.4 Å². The molecule has 2 bridgehead atoms. The zero-order valence-corrected chi connectivity index (χ0v) is 24.0. The second-order valence-corrected chi connectivity index (χ2v) is 12.3. The minimum Gasteiger partial charge on any atom is -0.341 e. The average Bonchev–Trinajstić information content (AvgIpc) is 3.25. The zero-order valence-electron chi connectivity index (χ0n) is 23.2. The van der Waals surface area contributed by atoms with Gasteiger partial charge in [0.25, 0.3) is 0 Å². The second-order valence-electron chi connectivity index (χ2n) is 11.9. The van der Waals surface area contributed by atoms with Gasteiger partial charge in [0.2, 0.25) is 5.91 Å². The fourth-order valence-electron chi connectivity index (χ4n) is 7.07. The molecule has 3 aliphatic heterocycles. The van der Waals surface area contributed by atoms with E-state index in [4.69, 9.17) is 11.6 Å². The van der Waals surface area contributed by atoms with Gasteiger partial charge in [0.15, 0.2) is 0 Å². The van der Waals surface area contributed by atoms with Gasteiger partial charge in [-0.25, -0.2) is 4.79 Å². The van der Waals surface area contributed by atoms with Gasteiger partial charge in [-0.05, 0) is 95.8 Å². The molecule has 210 valence electrons. The second kappa shape index (κ2) is 12.6. The molecular weight excluding hydrogens is 498 g/mol. The normalized spacial score (nSPS) is 26.6. The largest absolute Gasteiger partial charge is 0.341 e.